The minimum absolute atomic E-state index is 0.245. The molecule has 1 heterocycles. The van der Waals surface area contributed by atoms with Gasteiger partial charge in [0, 0.05) is 25.9 Å². The third-order valence-corrected chi connectivity index (χ3v) is 4.02. The van der Waals surface area contributed by atoms with E-state index < -0.39 is 0 Å². The highest BCUT2D eigenvalue weighted by molar-refractivity contribution is 5.84. The fourth-order valence-corrected chi connectivity index (χ4v) is 2.63. The SMILES string of the molecule is O=C1CC(C2CN(C(=O)OCc3ccccc3)C2)C1. The number of hydrogen-bond acceptors (Lipinski definition) is 3. The first kappa shape index (κ1) is 12.2. The minimum Gasteiger partial charge on any atom is -0.445 e. The Kier molecular flexibility index (Phi) is 3.23. The lowest BCUT2D eigenvalue weighted by Crippen LogP contribution is -2.55. The summed E-state index contributed by atoms with van der Waals surface area (Å²) in [5.41, 5.74) is 0.998. The van der Waals surface area contributed by atoms with Gasteiger partial charge in [0.15, 0.2) is 0 Å². The Morgan fingerprint density at radius 2 is 1.84 bits per heavy atom. The number of Topliss-reactive ketones (excluding diaryl/α,β-unsaturated/α-hetero) is 1. The van der Waals surface area contributed by atoms with Gasteiger partial charge in [0.2, 0.25) is 0 Å². The summed E-state index contributed by atoms with van der Waals surface area (Å²) < 4.78 is 5.25. The molecule has 1 saturated heterocycles. The van der Waals surface area contributed by atoms with Crippen LogP contribution in [0, 0.1) is 11.8 Å². The summed E-state index contributed by atoms with van der Waals surface area (Å²) in [5, 5.41) is 0. The maximum absolute atomic E-state index is 11.8. The fourth-order valence-electron chi connectivity index (χ4n) is 2.63. The summed E-state index contributed by atoms with van der Waals surface area (Å²) in [6, 6.07) is 9.66. The maximum Gasteiger partial charge on any atom is 0.410 e. The second kappa shape index (κ2) is 5.03. The van der Waals surface area contributed by atoms with Crippen LogP contribution in [0.5, 0.6) is 0 Å². The normalized spacial score (nSPS) is 19.8. The van der Waals surface area contributed by atoms with E-state index in [0.29, 0.717) is 37.1 Å². The predicted molar refractivity (Wildman–Crippen MR) is 69.4 cm³/mol. The van der Waals surface area contributed by atoms with Crippen molar-refractivity contribution >= 4 is 11.9 Å². The summed E-state index contributed by atoms with van der Waals surface area (Å²) in [5.74, 6) is 1.36. The number of nitrogens with zero attached hydrogens (tertiary/aromatic N) is 1. The van der Waals surface area contributed by atoms with Crippen molar-refractivity contribution in [3.63, 3.8) is 0 Å². The van der Waals surface area contributed by atoms with Crippen LogP contribution in [0.4, 0.5) is 4.79 Å². The zero-order chi connectivity index (χ0) is 13.2. The molecule has 0 atom stereocenters. The van der Waals surface area contributed by atoms with Crippen molar-refractivity contribution < 1.29 is 14.3 Å². The van der Waals surface area contributed by atoms with E-state index >= 15 is 0 Å². The van der Waals surface area contributed by atoms with Crippen LogP contribution in [-0.2, 0) is 16.1 Å². The van der Waals surface area contributed by atoms with Crippen LogP contribution < -0.4 is 0 Å². The molecule has 1 amide bonds. The van der Waals surface area contributed by atoms with Gasteiger partial charge in [-0.15, -0.1) is 0 Å². The number of carbonyl (C=O) groups excluding carboxylic acids is 2. The third kappa shape index (κ3) is 2.62. The Morgan fingerprint density at radius 3 is 2.47 bits per heavy atom. The van der Waals surface area contributed by atoms with Gasteiger partial charge in [0.25, 0.3) is 0 Å². The number of carbonyl (C=O) groups is 2. The minimum atomic E-state index is -0.245. The first-order valence-corrected chi connectivity index (χ1v) is 6.69. The first-order chi connectivity index (χ1) is 9.22. The Labute approximate surface area is 112 Å². The molecule has 0 N–H and O–H groups in total. The summed E-state index contributed by atoms with van der Waals surface area (Å²) in [4.78, 5) is 24.4. The lowest BCUT2D eigenvalue weighted by Gasteiger charge is -2.45. The van der Waals surface area contributed by atoms with Gasteiger partial charge in [-0.3, -0.25) is 4.79 Å². The molecule has 4 heteroatoms. The van der Waals surface area contributed by atoms with Gasteiger partial charge in [-0.1, -0.05) is 30.3 Å². The molecular weight excluding hydrogens is 242 g/mol. The van der Waals surface area contributed by atoms with Crippen LogP contribution in [0.3, 0.4) is 0 Å². The van der Waals surface area contributed by atoms with Crippen molar-refractivity contribution in [1.82, 2.24) is 4.90 Å². The quantitative estimate of drug-likeness (QED) is 0.836. The molecule has 1 saturated carbocycles. The molecule has 1 aromatic rings. The lowest BCUT2D eigenvalue weighted by molar-refractivity contribution is -0.130. The molecule has 0 aromatic heterocycles. The smallest absolute Gasteiger partial charge is 0.410 e. The summed E-state index contributed by atoms with van der Waals surface area (Å²) in [6.07, 6.45) is 1.17. The van der Waals surface area contributed by atoms with Crippen molar-refractivity contribution in [1.29, 1.82) is 0 Å². The Hall–Kier alpha value is -1.84. The number of ketones is 1. The van der Waals surface area contributed by atoms with Gasteiger partial charge < -0.3 is 9.64 Å². The zero-order valence-electron chi connectivity index (χ0n) is 10.7. The van der Waals surface area contributed by atoms with Crippen LogP contribution in [0.25, 0.3) is 0 Å². The van der Waals surface area contributed by atoms with Gasteiger partial charge >= 0.3 is 6.09 Å². The van der Waals surface area contributed by atoms with Gasteiger partial charge in [-0.25, -0.2) is 4.79 Å². The number of ether oxygens (including phenoxy) is 1. The second-order valence-electron chi connectivity index (χ2n) is 5.41. The van der Waals surface area contributed by atoms with Crippen molar-refractivity contribution in [3.8, 4) is 0 Å². The van der Waals surface area contributed by atoms with E-state index in [1.807, 2.05) is 30.3 Å². The average molecular weight is 259 g/mol. The highest BCUT2D eigenvalue weighted by atomic mass is 16.6. The van der Waals surface area contributed by atoms with Crippen molar-refractivity contribution in [3.05, 3.63) is 35.9 Å². The summed E-state index contributed by atoms with van der Waals surface area (Å²) in [6.45, 7) is 1.81. The molecular formula is C15H17NO3. The molecule has 3 rings (SSSR count). The molecule has 2 aliphatic rings. The summed E-state index contributed by atoms with van der Waals surface area (Å²) >= 11 is 0. The standard InChI is InChI=1S/C15H17NO3/c17-14-6-12(7-14)13-8-16(9-13)15(18)19-10-11-4-2-1-3-5-11/h1-5,12-13H,6-10H2. The number of hydrogen-bond donors (Lipinski definition) is 0. The van der Waals surface area contributed by atoms with Crippen LogP contribution in [0.1, 0.15) is 18.4 Å². The van der Waals surface area contributed by atoms with Crippen LogP contribution >= 0.6 is 0 Å². The molecule has 4 nitrogen and oxygen atoms in total. The van der Waals surface area contributed by atoms with E-state index in [2.05, 4.69) is 0 Å². The monoisotopic (exact) mass is 259 g/mol. The Morgan fingerprint density at radius 1 is 1.16 bits per heavy atom. The number of likely N-dealkylation sites (tertiary alicyclic amines) is 1. The molecule has 0 bridgehead atoms. The van der Waals surface area contributed by atoms with E-state index in [-0.39, 0.29) is 6.09 Å². The van der Waals surface area contributed by atoms with Crippen LogP contribution in [0.15, 0.2) is 30.3 Å². The van der Waals surface area contributed by atoms with Crippen LogP contribution in [0.2, 0.25) is 0 Å². The maximum atomic E-state index is 11.8. The number of amides is 1. The largest absolute Gasteiger partial charge is 0.445 e. The molecule has 19 heavy (non-hydrogen) atoms. The van der Waals surface area contributed by atoms with Crippen molar-refractivity contribution in [2.24, 2.45) is 11.8 Å². The average Bonchev–Trinajstić information content (AvgIpc) is 2.34. The van der Waals surface area contributed by atoms with E-state index in [0.717, 1.165) is 18.7 Å². The zero-order valence-corrected chi connectivity index (χ0v) is 10.7. The third-order valence-electron chi connectivity index (χ3n) is 4.02. The first-order valence-electron chi connectivity index (χ1n) is 6.69. The molecule has 0 spiro atoms. The molecule has 0 unspecified atom stereocenters. The van der Waals surface area contributed by atoms with E-state index in [9.17, 15) is 9.59 Å². The molecule has 100 valence electrons. The molecule has 1 aliphatic carbocycles. The van der Waals surface area contributed by atoms with Gasteiger partial charge in [0.1, 0.15) is 12.4 Å². The molecule has 1 aromatic carbocycles. The summed E-state index contributed by atoms with van der Waals surface area (Å²) in [7, 11) is 0. The molecule has 1 aliphatic heterocycles. The van der Waals surface area contributed by atoms with E-state index in [1.165, 1.54) is 0 Å². The van der Waals surface area contributed by atoms with Crippen LogP contribution in [-0.4, -0.2) is 29.9 Å². The fraction of sp³-hybridized carbons (Fsp3) is 0.467. The highest BCUT2D eigenvalue weighted by Gasteiger charge is 2.42. The van der Waals surface area contributed by atoms with Crippen molar-refractivity contribution in [2.75, 3.05) is 13.1 Å². The van der Waals surface area contributed by atoms with Crippen molar-refractivity contribution in [2.45, 2.75) is 19.4 Å². The number of rotatable bonds is 3. The number of benzene rings is 1. The van der Waals surface area contributed by atoms with Gasteiger partial charge in [-0.05, 0) is 17.4 Å². The predicted octanol–water partition coefficient (Wildman–Crippen LogP) is 2.23. The highest BCUT2D eigenvalue weighted by Crippen LogP contribution is 2.36. The Bertz CT molecular complexity index is 471. The molecule has 2 fully saturated rings. The van der Waals surface area contributed by atoms with Gasteiger partial charge in [-0.2, -0.15) is 0 Å². The molecule has 0 radical (unpaired) electrons. The van der Waals surface area contributed by atoms with E-state index in [1.54, 1.807) is 4.90 Å². The van der Waals surface area contributed by atoms with E-state index in [4.69, 9.17) is 4.74 Å². The lowest BCUT2D eigenvalue weighted by atomic mass is 9.72. The Balaban J connectivity index is 1.39. The second-order valence-corrected chi connectivity index (χ2v) is 5.41. The topological polar surface area (TPSA) is 46.6 Å². The van der Waals surface area contributed by atoms with Gasteiger partial charge in [0.05, 0.1) is 0 Å².